The second-order valence-corrected chi connectivity index (χ2v) is 9.01. The van der Waals surface area contributed by atoms with E-state index in [9.17, 15) is 4.39 Å². The molecule has 0 aliphatic heterocycles. The van der Waals surface area contributed by atoms with Crippen molar-refractivity contribution in [3.05, 3.63) is 127 Å². The zero-order valence-corrected chi connectivity index (χ0v) is 20.2. The molecule has 5 aromatic carbocycles. The molecule has 180 valence electrons. The predicted molar refractivity (Wildman–Crippen MR) is 149 cm³/mol. The van der Waals surface area contributed by atoms with Gasteiger partial charge in [-0.15, -0.1) is 0 Å². The number of nitrogens with zero attached hydrogens (tertiary/aromatic N) is 3. The molecule has 0 aliphatic carbocycles. The fourth-order valence-corrected chi connectivity index (χ4v) is 4.75. The van der Waals surface area contributed by atoms with E-state index in [1.807, 2.05) is 84.9 Å². The molecule has 2 aromatic heterocycles. The number of para-hydroxylation sites is 1. The lowest BCUT2D eigenvalue weighted by Gasteiger charge is -2.09. The molecule has 7 rings (SSSR count). The van der Waals surface area contributed by atoms with E-state index in [1.54, 1.807) is 6.07 Å². The molecular formula is C33H20FN3O. The third-order valence-electron chi connectivity index (χ3n) is 6.63. The van der Waals surface area contributed by atoms with Crippen LogP contribution in [0.1, 0.15) is 0 Å². The minimum absolute atomic E-state index is 0.345. The van der Waals surface area contributed by atoms with Gasteiger partial charge in [-0.1, -0.05) is 103 Å². The Kier molecular flexibility index (Phi) is 5.26. The number of halogens is 1. The summed E-state index contributed by atoms with van der Waals surface area (Å²) in [6, 6.07) is 38.7. The Bertz CT molecular complexity index is 1910. The van der Waals surface area contributed by atoms with Crippen molar-refractivity contribution in [1.29, 1.82) is 0 Å². The average Bonchev–Trinajstić information content (AvgIpc) is 3.39. The van der Waals surface area contributed by atoms with Crippen LogP contribution >= 0.6 is 0 Å². The van der Waals surface area contributed by atoms with E-state index in [-0.39, 0.29) is 5.82 Å². The fourth-order valence-electron chi connectivity index (χ4n) is 4.75. The van der Waals surface area contributed by atoms with Crippen molar-refractivity contribution in [2.75, 3.05) is 0 Å². The molecule has 4 nitrogen and oxygen atoms in total. The largest absolute Gasteiger partial charge is 0.455 e. The zero-order chi connectivity index (χ0) is 25.5. The molecule has 0 aliphatic rings. The highest BCUT2D eigenvalue weighted by atomic mass is 19.1. The van der Waals surface area contributed by atoms with Gasteiger partial charge in [-0.2, -0.15) is 0 Å². The summed E-state index contributed by atoms with van der Waals surface area (Å²) in [6.45, 7) is 0. The van der Waals surface area contributed by atoms with Gasteiger partial charge in [-0.3, -0.25) is 0 Å². The quantitative estimate of drug-likeness (QED) is 0.246. The molecule has 0 radical (unpaired) electrons. The van der Waals surface area contributed by atoms with Crippen LogP contribution in [0.3, 0.4) is 0 Å². The highest BCUT2D eigenvalue weighted by Gasteiger charge is 2.20. The van der Waals surface area contributed by atoms with Crippen LogP contribution in [0.15, 0.2) is 126 Å². The molecule has 0 N–H and O–H groups in total. The van der Waals surface area contributed by atoms with Crippen molar-refractivity contribution < 1.29 is 8.81 Å². The maximum Gasteiger partial charge on any atom is 0.167 e. The highest BCUT2D eigenvalue weighted by molar-refractivity contribution is 6.09. The van der Waals surface area contributed by atoms with E-state index in [1.165, 1.54) is 6.07 Å². The Morgan fingerprint density at radius 3 is 1.71 bits per heavy atom. The molecule has 5 heteroatoms. The minimum Gasteiger partial charge on any atom is -0.455 e. The van der Waals surface area contributed by atoms with Crippen molar-refractivity contribution in [3.63, 3.8) is 0 Å². The fraction of sp³-hybridized carbons (Fsp3) is 0. The maximum absolute atomic E-state index is 15.0. The van der Waals surface area contributed by atoms with Crippen molar-refractivity contribution in [3.8, 4) is 45.3 Å². The van der Waals surface area contributed by atoms with Crippen LogP contribution in [0.25, 0.3) is 67.2 Å². The summed E-state index contributed by atoms with van der Waals surface area (Å²) in [7, 11) is 0. The normalized spacial score (nSPS) is 11.3. The first-order valence-corrected chi connectivity index (χ1v) is 12.3. The molecule has 2 heterocycles. The minimum atomic E-state index is -0.345. The topological polar surface area (TPSA) is 51.8 Å². The second-order valence-electron chi connectivity index (χ2n) is 9.01. The van der Waals surface area contributed by atoms with Crippen molar-refractivity contribution in [1.82, 2.24) is 15.0 Å². The monoisotopic (exact) mass is 493 g/mol. The van der Waals surface area contributed by atoms with Gasteiger partial charge in [0.2, 0.25) is 0 Å². The van der Waals surface area contributed by atoms with Gasteiger partial charge in [-0.05, 0) is 29.3 Å². The van der Waals surface area contributed by atoms with Gasteiger partial charge >= 0.3 is 0 Å². The van der Waals surface area contributed by atoms with Crippen molar-refractivity contribution >= 4 is 21.9 Å². The van der Waals surface area contributed by atoms with E-state index in [2.05, 4.69) is 24.3 Å². The van der Waals surface area contributed by atoms with Gasteiger partial charge in [0, 0.05) is 16.5 Å². The van der Waals surface area contributed by atoms with E-state index in [0.717, 1.165) is 27.6 Å². The molecule has 0 saturated heterocycles. The Morgan fingerprint density at radius 1 is 0.474 bits per heavy atom. The zero-order valence-electron chi connectivity index (χ0n) is 20.2. The van der Waals surface area contributed by atoms with Crippen LogP contribution in [0.5, 0.6) is 0 Å². The number of fused-ring (bicyclic) bond motifs is 3. The highest BCUT2D eigenvalue weighted by Crippen LogP contribution is 2.37. The lowest BCUT2D eigenvalue weighted by Crippen LogP contribution is -2.00. The summed E-state index contributed by atoms with van der Waals surface area (Å²) in [5.41, 5.74) is 5.60. The van der Waals surface area contributed by atoms with Crippen molar-refractivity contribution in [2.45, 2.75) is 0 Å². The SMILES string of the molecule is Fc1ccc(-c2nc(-c3ccccc3)nc(-c3ccc(-c4ccccc4)cc3)n2)c2oc3ccccc3c12. The first-order chi connectivity index (χ1) is 18.7. The Morgan fingerprint density at radius 2 is 1.00 bits per heavy atom. The third-order valence-corrected chi connectivity index (χ3v) is 6.63. The van der Waals surface area contributed by atoms with Gasteiger partial charge in [-0.25, -0.2) is 19.3 Å². The average molecular weight is 494 g/mol. The second kappa shape index (κ2) is 9.05. The number of hydrogen-bond acceptors (Lipinski definition) is 4. The molecule has 38 heavy (non-hydrogen) atoms. The van der Waals surface area contributed by atoms with Crippen LogP contribution < -0.4 is 0 Å². The van der Waals surface area contributed by atoms with Crippen LogP contribution in [-0.2, 0) is 0 Å². The first kappa shape index (κ1) is 22.1. The molecule has 0 fully saturated rings. The Labute approximate surface area is 218 Å². The lowest BCUT2D eigenvalue weighted by molar-refractivity contribution is 0.634. The lowest BCUT2D eigenvalue weighted by atomic mass is 10.0. The number of hydrogen-bond donors (Lipinski definition) is 0. The number of rotatable bonds is 4. The molecule has 0 bridgehead atoms. The van der Waals surface area contributed by atoms with Gasteiger partial charge in [0.25, 0.3) is 0 Å². The van der Waals surface area contributed by atoms with Gasteiger partial charge in [0.05, 0.1) is 10.9 Å². The molecule has 0 unspecified atom stereocenters. The smallest absolute Gasteiger partial charge is 0.167 e. The van der Waals surface area contributed by atoms with Crippen molar-refractivity contribution in [2.24, 2.45) is 0 Å². The summed E-state index contributed by atoms with van der Waals surface area (Å²) in [5.74, 6) is 1.14. The van der Waals surface area contributed by atoms with Crippen LogP contribution in [-0.4, -0.2) is 15.0 Å². The predicted octanol–water partition coefficient (Wildman–Crippen LogP) is 8.58. The van der Waals surface area contributed by atoms with E-state index >= 15 is 0 Å². The van der Waals surface area contributed by atoms with Crippen LogP contribution in [0, 0.1) is 5.82 Å². The number of furan rings is 1. The molecule has 0 atom stereocenters. The standard InChI is InChI=1S/C33H20FN3O/c34-27-20-19-26(30-29(27)25-13-7-8-14-28(25)38-30)33-36-31(23-11-5-2-6-12-23)35-32(37-33)24-17-15-22(16-18-24)21-9-3-1-4-10-21/h1-20H. The van der Waals surface area contributed by atoms with E-state index < -0.39 is 0 Å². The maximum atomic E-state index is 15.0. The van der Waals surface area contributed by atoms with Gasteiger partial charge in [0.15, 0.2) is 17.5 Å². The number of benzene rings is 5. The van der Waals surface area contributed by atoms with E-state index in [4.69, 9.17) is 19.4 Å². The van der Waals surface area contributed by atoms with E-state index in [0.29, 0.717) is 39.6 Å². The molecule has 0 saturated carbocycles. The first-order valence-electron chi connectivity index (χ1n) is 12.3. The number of aromatic nitrogens is 3. The summed E-state index contributed by atoms with van der Waals surface area (Å²) < 4.78 is 21.1. The Balaban J connectivity index is 1.43. The molecule has 0 amide bonds. The molecule has 0 spiro atoms. The summed E-state index contributed by atoms with van der Waals surface area (Å²) in [6.07, 6.45) is 0. The third kappa shape index (κ3) is 3.82. The van der Waals surface area contributed by atoms with Crippen LogP contribution in [0.4, 0.5) is 4.39 Å². The molecule has 7 aromatic rings. The van der Waals surface area contributed by atoms with Gasteiger partial charge < -0.3 is 4.42 Å². The Hall–Kier alpha value is -5.16. The van der Waals surface area contributed by atoms with Gasteiger partial charge in [0.1, 0.15) is 17.0 Å². The molecular weight excluding hydrogens is 473 g/mol. The summed E-state index contributed by atoms with van der Waals surface area (Å²) in [4.78, 5) is 14.5. The summed E-state index contributed by atoms with van der Waals surface area (Å²) >= 11 is 0. The van der Waals surface area contributed by atoms with Crippen LogP contribution in [0.2, 0.25) is 0 Å². The summed E-state index contributed by atoms with van der Waals surface area (Å²) in [5, 5.41) is 1.14.